The number of aliphatic carboxylic acids is 1. The van der Waals surface area contributed by atoms with Gasteiger partial charge in [0.1, 0.15) is 0 Å². The Balaban J connectivity index is 1.55. The highest BCUT2D eigenvalue weighted by Crippen LogP contribution is 2.22. The summed E-state index contributed by atoms with van der Waals surface area (Å²) in [6.45, 7) is 5.89. The van der Waals surface area contributed by atoms with Crippen molar-refractivity contribution in [1.29, 1.82) is 0 Å². The molecule has 6 heteroatoms. The minimum absolute atomic E-state index is 0.461. The van der Waals surface area contributed by atoms with E-state index in [4.69, 9.17) is 5.11 Å². The van der Waals surface area contributed by atoms with Gasteiger partial charge in [-0.15, -0.1) is 0 Å². The zero-order chi connectivity index (χ0) is 19.2. The number of rotatable bonds is 5. The van der Waals surface area contributed by atoms with Crippen molar-refractivity contribution in [2.24, 2.45) is 0 Å². The molecule has 1 amide bonds. The Kier molecular flexibility index (Phi) is 5.76. The molecule has 0 unspecified atom stereocenters. The van der Waals surface area contributed by atoms with Gasteiger partial charge in [0.2, 0.25) is 5.91 Å². The number of nitrogens with one attached hydrogen (secondary N) is 1. The highest BCUT2D eigenvalue weighted by atomic mass is 16.4. The number of nitrogens with zero attached hydrogens (tertiary/aromatic N) is 2. The first kappa shape index (κ1) is 18.5. The fraction of sp³-hybridized carbons (Fsp3) is 0.238. The summed E-state index contributed by atoms with van der Waals surface area (Å²) >= 11 is 0. The van der Waals surface area contributed by atoms with Crippen LogP contribution in [0, 0.1) is 6.92 Å². The van der Waals surface area contributed by atoms with Gasteiger partial charge in [-0.3, -0.25) is 4.79 Å². The van der Waals surface area contributed by atoms with Gasteiger partial charge >= 0.3 is 5.97 Å². The van der Waals surface area contributed by atoms with E-state index in [0.29, 0.717) is 5.69 Å². The molecule has 1 aliphatic heterocycles. The molecule has 3 rings (SSSR count). The van der Waals surface area contributed by atoms with Crippen LogP contribution in [0.5, 0.6) is 0 Å². The molecule has 2 aromatic rings. The molecule has 2 aromatic carbocycles. The second-order valence-corrected chi connectivity index (χ2v) is 6.52. The Bertz CT molecular complexity index is 838. The maximum Gasteiger partial charge on any atom is 0.328 e. The van der Waals surface area contributed by atoms with Crippen molar-refractivity contribution in [3.63, 3.8) is 0 Å². The number of aryl methyl sites for hydroxylation is 1. The number of carbonyl (C=O) groups is 2. The number of carboxylic acid groups (broad SMARTS) is 1. The third kappa shape index (κ3) is 5.10. The Morgan fingerprint density at radius 2 is 1.56 bits per heavy atom. The van der Waals surface area contributed by atoms with Gasteiger partial charge in [0, 0.05) is 55.4 Å². The van der Waals surface area contributed by atoms with Crippen LogP contribution >= 0.6 is 0 Å². The molecule has 0 aliphatic carbocycles. The first-order valence-corrected chi connectivity index (χ1v) is 8.90. The number of hydrogen-bond acceptors (Lipinski definition) is 4. The van der Waals surface area contributed by atoms with Crippen molar-refractivity contribution in [1.82, 2.24) is 0 Å². The molecule has 0 bridgehead atoms. The van der Waals surface area contributed by atoms with Crippen LogP contribution < -0.4 is 15.1 Å². The van der Waals surface area contributed by atoms with Crippen LogP contribution in [0.1, 0.15) is 5.56 Å². The predicted molar refractivity (Wildman–Crippen MR) is 107 cm³/mol. The number of carbonyl (C=O) groups excluding carboxylic acids is 1. The van der Waals surface area contributed by atoms with Gasteiger partial charge in [0.25, 0.3) is 0 Å². The Morgan fingerprint density at radius 3 is 2.15 bits per heavy atom. The van der Waals surface area contributed by atoms with Gasteiger partial charge in [-0.2, -0.15) is 0 Å². The average molecular weight is 365 g/mol. The predicted octanol–water partition coefficient (Wildman–Crippen LogP) is 2.90. The van der Waals surface area contributed by atoms with Gasteiger partial charge < -0.3 is 20.2 Å². The van der Waals surface area contributed by atoms with E-state index in [1.54, 1.807) is 0 Å². The normalized spacial score (nSPS) is 14.4. The third-order valence-corrected chi connectivity index (χ3v) is 4.52. The molecule has 2 N–H and O–H groups in total. The Hall–Kier alpha value is -3.28. The van der Waals surface area contributed by atoms with Gasteiger partial charge in [0.05, 0.1) is 0 Å². The van der Waals surface area contributed by atoms with E-state index in [2.05, 4.69) is 46.3 Å². The summed E-state index contributed by atoms with van der Waals surface area (Å²) in [7, 11) is 0. The monoisotopic (exact) mass is 365 g/mol. The number of piperazine rings is 1. The van der Waals surface area contributed by atoms with Crippen LogP contribution in [0.15, 0.2) is 60.7 Å². The van der Waals surface area contributed by atoms with Gasteiger partial charge in [-0.25, -0.2) is 4.79 Å². The lowest BCUT2D eigenvalue weighted by Gasteiger charge is -2.37. The summed E-state index contributed by atoms with van der Waals surface area (Å²) in [6, 6.07) is 16.2. The van der Waals surface area contributed by atoms with E-state index in [-0.39, 0.29) is 0 Å². The molecule has 1 fully saturated rings. The summed E-state index contributed by atoms with van der Waals surface area (Å²) in [5.41, 5.74) is 4.28. The van der Waals surface area contributed by atoms with Crippen LogP contribution in [-0.4, -0.2) is 43.2 Å². The lowest BCUT2D eigenvalue weighted by Crippen LogP contribution is -2.46. The first-order valence-electron chi connectivity index (χ1n) is 8.90. The van der Waals surface area contributed by atoms with E-state index in [1.165, 1.54) is 11.3 Å². The maximum atomic E-state index is 11.6. The topological polar surface area (TPSA) is 72.9 Å². The number of benzene rings is 2. The lowest BCUT2D eigenvalue weighted by molar-refractivity contribution is -0.131. The van der Waals surface area contributed by atoms with Crippen molar-refractivity contribution in [2.45, 2.75) is 6.92 Å². The number of carboxylic acids is 1. The van der Waals surface area contributed by atoms with E-state index in [1.807, 2.05) is 24.3 Å². The summed E-state index contributed by atoms with van der Waals surface area (Å²) in [4.78, 5) is 26.8. The second-order valence-electron chi connectivity index (χ2n) is 6.52. The van der Waals surface area contributed by atoms with Crippen molar-refractivity contribution in [2.75, 3.05) is 41.3 Å². The molecule has 140 valence electrons. The molecular formula is C21H23N3O3. The molecule has 27 heavy (non-hydrogen) atoms. The average Bonchev–Trinajstić information content (AvgIpc) is 2.67. The molecule has 1 heterocycles. The fourth-order valence-corrected chi connectivity index (χ4v) is 3.13. The number of anilines is 3. The van der Waals surface area contributed by atoms with Gasteiger partial charge in [-0.1, -0.05) is 12.1 Å². The van der Waals surface area contributed by atoms with Gasteiger partial charge in [-0.05, 0) is 48.9 Å². The highest BCUT2D eigenvalue weighted by molar-refractivity contribution is 6.02. The van der Waals surface area contributed by atoms with Crippen molar-refractivity contribution < 1.29 is 14.7 Å². The van der Waals surface area contributed by atoms with E-state index < -0.39 is 11.9 Å². The van der Waals surface area contributed by atoms with Crippen molar-refractivity contribution in [3.8, 4) is 0 Å². The zero-order valence-corrected chi connectivity index (χ0v) is 15.3. The van der Waals surface area contributed by atoms with Crippen LogP contribution in [0.3, 0.4) is 0 Å². The van der Waals surface area contributed by atoms with Crippen LogP contribution in [-0.2, 0) is 9.59 Å². The zero-order valence-electron chi connectivity index (χ0n) is 15.3. The quantitative estimate of drug-likeness (QED) is 0.797. The van der Waals surface area contributed by atoms with Crippen LogP contribution in [0.25, 0.3) is 0 Å². The SMILES string of the molecule is Cc1cccc(N2CCN(c3ccc(NC(=O)C=CC(=O)O)cc3)CC2)c1. The summed E-state index contributed by atoms with van der Waals surface area (Å²) < 4.78 is 0. The first-order chi connectivity index (χ1) is 13.0. The Morgan fingerprint density at radius 1 is 0.926 bits per heavy atom. The Labute approximate surface area is 158 Å². The number of amides is 1. The molecule has 0 radical (unpaired) electrons. The molecule has 0 saturated carbocycles. The van der Waals surface area contributed by atoms with Gasteiger partial charge in [0.15, 0.2) is 0 Å². The minimum Gasteiger partial charge on any atom is -0.478 e. The third-order valence-electron chi connectivity index (χ3n) is 4.52. The standard InChI is InChI=1S/C21H23N3O3/c1-16-3-2-4-19(15-16)24-13-11-23(12-14-24)18-7-5-17(6-8-18)22-20(25)9-10-21(26)27/h2-10,15H,11-14H2,1H3,(H,22,25)(H,26,27). The molecule has 1 aliphatic rings. The molecule has 0 spiro atoms. The molecule has 1 saturated heterocycles. The largest absolute Gasteiger partial charge is 0.478 e. The summed E-state index contributed by atoms with van der Waals surface area (Å²) in [5, 5.41) is 11.2. The smallest absolute Gasteiger partial charge is 0.328 e. The van der Waals surface area contributed by atoms with E-state index >= 15 is 0 Å². The van der Waals surface area contributed by atoms with Crippen molar-refractivity contribution >= 4 is 28.9 Å². The summed E-state index contributed by atoms with van der Waals surface area (Å²) in [5.74, 6) is -1.61. The van der Waals surface area contributed by atoms with Crippen LogP contribution in [0.4, 0.5) is 17.1 Å². The molecule has 6 nitrogen and oxygen atoms in total. The van der Waals surface area contributed by atoms with Crippen molar-refractivity contribution in [3.05, 3.63) is 66.2 Å². The minimum atomic E-state index is -1.15. The summed E-state index contributed by atoms with van der Waals surface area (Å²) in [6.07, 6.45) is 1.82. The highest BCUT2D eigenvalue weighted by Gasteiger charge is 2.17. The van der Waals surface area contributed by atoms with E-state index in [0.717, 1.165) is 44.0 Å². The molecule has 0 atom stereocenters. The second kappa shape index (κ2) is 8.40. The lowest BCUT2D eigenvalue weighted by atomic mass is 10.1. The molecule has 0 aromatic heterocycles. The fourth-order valence-electron chi connectivity index (χ4n) is 3.13. The maximum absolute atomic E-state index is 11.6. The van der Waals surface area contributed by atoms with Crippen LogP contribution in [0.2, 0.25) is 0 Å². The number of hydrogen-bond donors (Lipinski definition) is 2. The molecular weight excluding hydrogens is 342 g/mol. The van der Waals surface area contributed by atoms with E-state index in [9.17, 15) is 9.59 Å².